The summed E-state index contributed by atoms with van der Waals surface area (Å²) in [4.78, 5) is 19.5. The van der Waals surface area contributed by atoms with E-state index in [1.165, 1.54) is 25.8 Å². The SMILES string of the molecule is C=C(C)C(=O)O.CCCCC/C=C/C(=O)O. The largest absolute Gasteiger partial charge is 0.478 e. The molecular formula is C12H20O4. The summed E-state index contributed by atoms with van der Waals surface area (Å²) >= 11 is 0. The Morgan fingerprint density at radius 3 is 2.06 bits per heavy atom. The Labute approximate surface area is 96.3 Å². The maximum Gasteiger partial charge on any atom is 0.330 e. The van der Waals surface area contributed by atoms with Gasteiger partial charge in [0.2, 0.25) is 0 Å². The second-order valence-corrected chi connectivity index (χ2v) is 3.32. The van der Waals surface area contributed by atoms with Crippen molar-refractivity contribution < 1.29 is 19.8 Å². The predicted octanol–water partition coefficient (Wildman–Crippen LogP) is 2.85. The fourth-order valence-corrected chi connectivity index (χ4v) is 0.696. The number of rotatable bonds is 6. The van der Waals surface area contributed by atoms with Crippen LogP contribution in [-0.2, 0) is 9.59 Å². The molecule has 0 amide bonds. The van der Waals surface area contributed by atoms with E-state index in [0.717, 1.165) is 12.8 Å². The Morgan fingerprint density at radius 1 is 1.25 bits per heavy atom. The smallest absolute Gasteiger partial charge is 0.330 e. The molecule has 0 bridgehead atoms. The molecule has 0 aliphatic rings. The van der Waals surface area contributed by atoms with E-state index < -0.39 is 11.9 Å². The standard InChI is InChI=1S/C8H14O2.C4H6O2/c1-2-3-4-5-6-7-8(9)10;1-3(2)4(5)6/h6-7H,2-5H2,1H3,(H,9,10);1H2,2H3,(H,5,6)/b7-6+;. The van der Waals surface area contributed by atoms with Crippen molar-refractivity contribution in [1.82, 2.24) is 0 Å². The molecular weight excluding hydrogens is 208 g/mol. The van der Waals surface area contributed by atoms with Crippen molar-refractivity contribution in [3.63, 3.8) is 0 Å². The van der Waals surface area contributed by atoms with Gasteiger partial charge in [-0.2, -0.15) is 0 Å². The van der Waals surface area contributed by atoms with Crippen LogP contribution in [0.5, 0.6) is 0 Å². The number of carboxylic acids is 2. The van der Waals surface area contributed by atoms with Crippen molar-refractivity contribution in [2.75, 3.05) is 0 Å². The molecule has 0 heterocycles. The highest BCUT2D eigenvalue weighted by Crippen LogP contribution is 1.98. The summed E-state index contributed by atoms with van der Waals surface area (Å²) in [7, 11) is 0. The quantitative estimate of drug-likeness (QED) is 0.541. The second kappa shape index (κ2) is 11.5. The number of hydrogen-bond acceptors (Lipinski definition) is 2. The summed E-state index contributed by atoms with van der Waals surface area (Å²) < 4.78 is 0. The van der Waals surface area contributed by atoms with Crippen LogP contribution in [0.3, 0.4) is 0 Å². The van der Waals surface area contributed by atoms with E-state index in [2.05, 4.69) is 13.5 Å². The Hall–Kier alpha value is -1.58. The van der Waals surface area contributed by atoms with Gasteiger partial charge in [-0.1, -0.05) is 32.4 Å². The third-order valence-corrected chi connectivity index (χ3v) is 1.60. The molecule has 16 heavy (non-hydrogen) atoms. The maximum absolute atomic E-state index is 9.95. The first-order chi connectivity index (χ1) is 7.41. The van der Waals surface area contributed by atoms with Crippen LogP contribution in [0.15, 0.2) is 24.3 Å². The van der Waals surface area contributed by atoms with Crippen LogP contribution >= 0.6 is 0 Å². The fourth-order valence-electron chi connectivity index (χ4n) is 0.696. The molecule has 0 spiro atoms. The van der Waals surface area contributed by atoms with E-state index in [-0.39, 0.29) is 5.57 Å². The monoisotopic (exact) mass is 228 g/mol. The molecule has 92 valence electrons. The summed E-state index contributed by atoms with van der Waals surface area (Å²) in [5, 5.41) is 16.1. The molecule has 0 rings (SSSR count). The lowest BCUT2D eigenvalue weighted by Crippen LogP contribution is -1.92. The molecule has 0 aliphatic heterocycles. The van der Waals surface area contributed by atoms with E-state index in [4.69, 9.17) is 10.2 Å². The van der Waals surface area contributed by atoms with Crippen LogP contribution in [0.1, 0.15) is 39.5 Å². The molecule has 0 atom stereocenters. The first-order valence-corrected chi connectivity index (χ1v) is 5.20. The Balaban J connectivity index is 0. The fraction of sp³-hybridized carbons (Fsp3) is 0.500. The number of carbonyl (C=O) groups is 2. The summed E-state index contributed by atoms with van der Waals surface area (Å²) in [5.41, 5.74) is 0.176. The minimum atomic E-state index is -0.935. The average Bonchev–Trinajstić information content (AvgIpc) is 2.18. The number of unbranched alkanes of at least 4 members (excludes halogenated alkanes) is 3. The summed E-state index contributed by atoms with van der Waals surface area (Å²) in [6.07, 6.45) is 7.26. The van der Waals surface area contributed by atoms with Gasteiger partial charge in [0, 0.05) is 11.6 Å². The molecule has 4 heteroatoms. The van der Waals surface area contributed by atoms with Gasteiger partial charge in [0.1, 0.15) is 0 Å². The van der Waals surface area contributed by atoms with Crippen molar-refractivity contribution in [1.29, 1.82) is 0 Å². The molecule has 0 aromatic rings. The normalized spacial score (nSPS) is 9.38. The van der Waals surface area contributed by atoms with Crippen molar-refractivity contribution in [2.24, 2.45) is 0 Å². The van der Waals surface area contributed by atoms with E-state index >= 15 is 0 Å². The van der Waals surface area contributed by atoms with Gasteiger partial charge >= 0.3 is 11.9 Å². The second-order valence-electron chi connectivity index (χ2n) is 3.32. The zero-order valence-corrected chi connectivity index (χ0v) is 9.90. The lowest BCUT2D eigenvalue weighted by atomic mass is 10.2. The molecule has 0 aromatic carbocycles. The topological polar surface area (TPSA) is 74.6 Å². The van der Waals surface area contributed by atoms with Gasteiger partial charge < -0.3 is 10.2 Å². The van der Waals surface area contributed by atoms with Gasteiger partial charge in [-0.25, -0.2) is 9.59 Å². The summed E-state index contributed by atoms with van der Waals surface area (Å²) in [5.74, 6) is -1.79. The first-order valence-electron chi connectivity index (χ1n) is 5.20. The first kappa shape index (κ1) is 16.8. The summed E-state index contributed by atoms with van der Waals surface area (Å²) in [6, 6.07) is 0. The van der Waals surface area contributed by atoms with E-state index in [1.807, 2.05) is 0 Å². The Kier molecular flexibility index (Phi) is 12.1. The van der Waals surface area contributed by atoms with Crippen LogP contribution in [-0.4, -0.2) is 22.2 Å². The number of aliphatic carboxylic acids is 2. The van der Waals surface area contributed by atoms with Gasteiger partial charge in [-0.05, 0) is 19.8 Å². The van der Waals surface area contributed by atoms with Crippen molar-refractivity contribution in [3.05, 3.63) is 24.3 Å². The Bertz CT molecular complexity index is 242. The number of hydrogen-bond donors (Lipinski definition) is 2. The number of carboxylic acid groups (broad SMARTS) is 2. The molecule has 0 radical (unpaired) electrons. The molecule has 0 saturated carbocycles. The molecule has 0 saturated heterocycles. The highest BCUT2D eigenvalue weighted by atomic mass is 16.4. The van der Waals surface area contributed by atoms with Gasteiger partial charge in [-0.3, -0.25) is 0 Å². The highest BCUT2D eigenvalue weighted by molar-refractivity contribution is 5.84. The third-order valence-electron chi connectivity index (χ3n) is 1.60. The zero-order valence-electron chi connectivity index (χ0n) is 9.90. The molecule has 4 nitrogen and oxygen atoms in total. The highest BCUT2D eigenvalue weighted by Gasteiger charge is 1.90. The van der Waals surface area contributed by atoms with Gasteiger partial charge in [0.15, 0.2) is 0 Å². The van der Waals surface area contributed by atoms with E-state index in [9.17, 15) is 9.59 Å². The Morgan fingerprint density at radius 2 is 1.75 bits per heavy atom. The zero-order chi connectivity index (χ0) is 13.0. The molecule has 2 N–H and O–H groups in total. The minimum Gasteiger partial charge on any atom is -0.478 e. The lowest BCUT2D eigenvalue weighted by Gasteiger charge is -1.89. The van der Waals surface area contributed by atoms with Crippen LogP contribution < -0.4 is 0 Å². The maximum atomic E-state index is 9.95. The van der Waals surface area contributed by atoms with E-state index in [0.29, 0.717) is 0 Å². The molecule has 0 aliphatic carbocycles. The molecule has 0 aromatic heterocycles. The number of allylic oxidation sites excluding steroid dienone is 1. The minimum absolute atomic E-state index is 0.176. The van der Waals surface area contributed by atoms with Gasteiger partial charge in [0.25, 0.3) is 0 Å². The van der Waals surface area contributed by atoms with Crippen molar-refractivity contribution in [2.45, 2.75) is 39.5 Å². The average molecular weight is 228 g/mol. The van der Waals surface area contributed by atoms with Gasteiger partial charge in [0.05, 0.1) is 0 Å². The van der Waals surface area contributed by atoms with Crippen LogP contribution in [0, 0.1) is 0 Å². The summed E-state index contributed by atoms with van der Waals surface area (Å²) in [6.45, 7) is 6.73. The third kappa shape index (κ3) is 18.3. The molecule has 0 unspecified atom stereocenters. The van der Waals surface area contributed by atoms with Crippen molar-refractivity contribution in [3.8, 4) is 0 Å². The van der Waals surface area contributed by atoms with Crippen LogP contribution in [0.25, 0.3) is 0 Å². The lowest BCUT2D eigenvalue weighted by molar-refractivity contribution is -0.133. The van der Waals surface area contributed by atoms with E-state index in [1.54, 1.807) is 6.08 Å². The van der Waals surface area contributed by atoms with Crippen LogP contribution in [0.4, 0.5) is 0 Å². The van der Waals surface area contributed by atoms with Crippen LogP contribution in [0.2, 0.25) is 0 Å². The van der Waals surface area contributed by atoms with Crippen molar-refractivity contribution >= 4 is 11.9 Å². The molecule has 0 fully saturated rings. The predicted molar refractivity (Wildman–Crippen MR) is 63.4 cm³/mol. The van der Waals surface area contributed by atoms with Gasteiger partial charge in [-0.15, -0.1) is 0 Å².